The molecule has 2 nitrogen and oxygen atoms in total. The molecule has 3 heteroatoms. The monoisotopic (exact) mass is 439 g/mol. The summed E-state index contributed by atoms with van der Waals surface area (Å²) in [5, 5.41) is 13.7. The van der Waals surface area contributed by atoms with Crippen LogP contribution in [0, 0.1) is 0 Å². The van der Waals surface area contributed by atoms with E-state index in [1.165, 1.54) is 10.9 Å². The van der Waals surface area contributed by atoms with Crippen LogP contribution >= 0.6 is 0 Å². The number of hydrogen-bond donors (Lipinski definition) is 1. The van der Waals surface area contributed by atoms with Crippen molar-refractivity contribution in [3.63, 3.8) is 0 Å². The van der Waals surface area contributed by atoms with Crippen molar-refractivity contribution >= 4 is 33.8 Å². The summed E-state index contributed by atoms with van der Waals surface area (Å²) in [7, 11) is 2.06. The molecule has 4 rings (SSSR count). The lowest BCUT2D eigenvalue weighted by Crippen LogP contribution is -3.00. The number of phenols is 1. The molecule has 0 fully saturated rings. The minimum Gasteiger partial charge on any atom is -1.00 e. The van der Waals surface area contributed by atoms with Gasteiger partial charge in [-0.15, -0.1) is 0 Å². The number of hydrogen-bond acceptors (Lipinski definition) is 1. The summed E-state index contributed by atoms with van der Waals surface area (Å²) in [5.74, 6) is 0.299. The zero-order valence-electron chi connectivity index (χ0n) is 13.9. The van der Waals surface area contributed by atoms with Crippen LogP contribution in [-0.4, -0.2) is 5.11 Å². The quantitative estimate of drug-likeness (QED) is 0.373. The van der Waals surface area contributed by atoms with Gasteiger partial charge in [-0.05, 0) is 35.0 Å². The van der Waals surface area contributed by atoms with Crippen molar-refractivity contribution in [3.8, 4) is 5.75 Å². The summed E-state index contributed by atoms with van der Waals surface area (Å²) in [5.41, 5.74) is 3.11. The van der Waals surface area contributed by atoms with E-state index in [-0.39, 0.29) is 24.0 Å². The van der Waals surface area contributed by atoms with Gasteiger partial charge in [0.05, 0.1) is 0 Å². The molecule has 0 aliphatic carbocycles. The largest absolute Gasteiger partial charge is 1.00 e. The van der Waals surface area contributed by atoms with Gasteiger partial charge in [0, 0.05) is 29.2 Å². The zero-order valence-corrected chi connectivity index (χ0v) is 16.0. The standard InChI is InChI=1S/C22H17NO.HI/c1-23-18(12-10-17-7-3-5-9-21(17)23)13-14-20-19-8-4-2-6-16(19)11-15-22(20)24;/h2-15H,1H3;1H. The second kappa shape index (κ2) is 7.23. The van der Waals surface area contributed by atoms with Crippen molar-refractivity contribution in [2.75, 3.05) is 0 Å². The first kappa shape index (κ1) is 17.4. The van der Waals surface area contributed by atoms with Crippen LogP contribution in [0.3, 0.4) is 0 Å². The fourth-order valence-electron chi connectivity index (χ4n) is 3.16. The first-order valence-electron chi connectivity index (χ1n) is 8.00. The van der Waals surface area contributed by atoms with Gasteiger partial charge in [0.1, 0.15) is 12.8 Å². The van der Waals surface area contributed by atoms with Crippen LogP contribution in [0.1, 0.15) is 11.3 Å². The Kier molecular flexibility index (Phi) is 5.04. The molecule has 0 atom stereocenters. The lowest BCUT2D eigenvalue weighted by molar-refractivity contribution is -0.646. The highest BCUT2D eigenvalue weighted by molar-refractivity contribution is 5.95. The van der Waals surface area contributed by atoms with E-state index in [4.69, 9.17) is 0 Å². The highest BCUT2D eigenvalue weighted by Crippen LogP contribution is 2.28. The van der Waals surface area contributed by atoms with E-state index in [1.807, 2.05) is 48.6 Å². The van der Waals surface area contributed by atoms with Gasteiger partial charge in [0.15, 0.2) is 0 Å². The van der Waals surface area contributed by atoms with Crippen LogP contribution in [0.15, 0.2) is 72.8 Å². The summed E-state index contributed by atoms with van der Waals surface area (Å²) in [4.78, 5) is 0. The van der Waals surface area contributed by atoms with Crippen LogP contribution in [0.5, 0.6) is 5.75 Å². The molecule has 0 bridgehead atoms. The molecule has 1 N–H and O–H groups in total. The van der Waals surface area contributed by atoms with Crippen LogP contribution in [0.2, 0.25) is 0 Å². The van der Waals surface area contributed by atoms with E-state index in [0.29, 0.717) is 5.75 Å². The normalized spacial score (nSPS) is 11.1. The number of phenolic OH excluding ortho intramolecular Hbond substituents is 1. The van der Waals surface area contributed by atoms with Gasteiger partial charge in [-0.2, -0.15) is 4.57 Å². The van der Waals surface area contributed by atoms with E-state index in [2.05, 4.69) is 41.9 Å². The van der Waals surface area contributed by atoms with Crippen LogP contribution in [0.25, 0.3) is 33.8 Å². The molecule has 4 aromatic rings. The van der Waals surface area contributed by atoms with E-state index < -0.39 is 0 Å². The number of fused-ring (bicyclic) bond motifs is 2. The fourth-order valence-corrected chi connectivity index (χ4v) is 3.16. The molecule has 3 aromatic carbocycles. The Labute approximate surface area is 164 Å². The molecule has 124 valence electrons. The van der Waals surface area contributed by atoms with Crippen LogP contribution < -0.4 is 28.5 Å². The van der Waals surface area contributed by atoms with Gasteiger partial charge in [-0.25, -0.2) is 0 Å². The lowest BCUT2D eigenvalue weighted by Gasteiger charge is -2.05. The van der Waals surface area contributed by atoms with Crippen molar-refractivity contribution in [1.82, 2.24) is 0 Å². The summed E-state index contributed by atoms with van der Waals surface area (Å²) >= 11 is 0. The lowest BCUT2D eigenvalue weighted by atomic mass is 10.0. The summed E-state index contributed by atoms with van der Waals surface area (Å²) in [6.45, 7) is 0. The minimum absolute atomic E-state index is 0. The third kappa shape index (κ3) is 3.24. The van der Waals surface area contributed by atoms with Gasteiger partial charge in [-0.3, -0.25) is 0 Å². The molecule has 25 heavy (non-hydrogen) atoms. The fraction of sp³-hybridized carbons (Fsp3) is 0.0455. The van der Waals surface area contributed by atoms with Gasteiger partial charge in [-0.1, -0.05) is 42.5 Å². The van der Waals surface area contributed by atoms with Crippen molar-refractivity contribution in [2.45, 2.75) is 0 Å². The minimum atomic E-state index is 0. The van der Waals surface area contributed by atoms with Crippen LogP contribution in [0.4, 0.5) is 0 Å². The Bertz CT molecular complexity index is 1090. The SMILES string of the molecule is C[n+]1c(/C=C/c2c(O)ccc3ccccc23)ccc2ccccc21.[I-]. The predicted molar refractivity (Wildman–Crippen MR) is 99.7 cm³/mol. The van der Waals surface area contributed by atoms with Crippen molar-refractivity contribution in [1.29, 1.82) is 0 Å². The highest BCUT2D eigenvalue weighted by atomic mass is 127. The number of aryl methyl sites for hydroxylation is 1. The molecule has 0 aliphatic rings. The molecule has 0 amide bonds. The van der Waals surface area contributed by atoms with Crippen molar-refractivity contribution in [3.05, 3.63) is 84.1 Å². The number of para-hydroxylation sites is 1. The summed E-state index contributed by atoms with van der Waals surface area (Å²) < 4.78 is 2.16. The molecular formula is C22H18INO. The maximum absolute atomic E-state index is 10.3. The second-order valence-electron chi connectivity index (χ2n) is 5.93. The number of rotatable bonds is 2. The molecule has 0 unspecified atom stereocenters. The third-order valence-corrected chi connectivity index (χ3v) is 4.49. The van der Waals surface area contributed by atoms with E-state index in [0.717, 1.165) is 22.0 Å². The maximum atomic E-state index is 10.3. The molecule has 0 saturated carbocycles. The number of aromatic nitrogens is 1. The molecule has 0 radical (unpaired) electrons. The van der Waals surface area contributed by atoms with Crippen molar-refractivity contribution in [2.24, 2.45) is 7.05 Å². The average Bonchev–Trinajstić information content (AvgIpc) is 2.62. The summed E-state index contributed by atoms with van der Waals surface area (Å²) in [6, 6.07) is 24.3. The van der Waals surface area contributed by atoms with Gasteiger partial charge in [0.25, 0.3) is 0 Å². The highest BCUT2D eigenvalue weighted by Gasteiger charge is 2.09. The number of aromatic hydroxyl groups is 1. The van der Waals surface area contributed by atoms with Gasteiger partial charge in [0.2, 0.25) is 11.2 Å². The number of pyridine rings is 1. The molecule has 1 aromatic heterocycles. The van der Waals surface area contributed by atoms with E-state index >= 15 is 0 Å². The Balaban J connectivity index is 0.00000182. The van der Waals surface area contributed by atoms with Gasteiger partial charge < -0.3 is 29.1 Å². The Morgan fingerprint density at radius 2 is 1.44 bits per heavy atom. The van der Waals surface area contributed by atoms with E-state index in [9.17, 15) is 5.11 Å². The number of nitrogens with zero attached hydrogens (tertiary/aromatic N) is 1. The van der Waals surface area contributed by atoms with E-state index in [1.54, 1.807) is 6.07 Å². The molecule has 0 aliphatic heterocycles. The van der Waals surface area contributed by atoms with Gasteiger partial charge >= 0.3 is 0 Å². The Morgan fingerprint density at radius 1 is 0.760 bits per heavy atom. The predicted octanol–water partition coefficient (Wildman–Crippen LogP) is 1.70. The first-order chi connectivity index (χ1) is 11.7. The molecule has 1 heterocycles. The first-order valence-corrected chi connectivity index (χ1v) is 8.00. The van der Waals surface area contributed by atoms with Crippen molar-refractivity contribution < 1.29 is 33.7 Å². The Morgan fingerprint density at radius 3 is 2.28 bits per heavy atom. The number of benzene rings is 3. The smallest absolute Gasteiger partial charge is 0.212 e. The number of halogens is 1. The second-order valence-corrected chi connectivity index (χ2v) is 5.93. The summed E-state index contributed by atoms with van der Waals surface area (Å²) in [6.07, 6.45) is 4.04. The molecule has 0 spiro atoms. The maximum Gasteiger partial charge on any atom is 0.212 e. The molecule has 0 saturated heterocycles. The Hall–Kier alpha value is -2.40. The third-order valence-electron chi connectivity index (χ3n) is 4.49. The topological polar surface area (TPSA) is 24.1 Å². The average molecular weight is 439 g/mol. The molecular weight excluding hydrogens is 421 g/mol. The zero-order chi connectivity index (χ0) is 16.5. The van der Waals surface area contributed by atoms with Crippen LogP contribution in [-0.2, 0) is 7.05 Å².